The molecule has 0 saturated heterocycles. The van der Waals surface area contributed by atoms with Crippen LogP contribution in [0.3, 0.4) is 0 Å². The van der Waals surface area contributed by atoms with E-state index in [1.165, 1.54) is 30.1 Å². The fraction of sp³-hybridized carbons (Fsp3) is 0.136. The molecule has 0 unspecified atom stereocenters. The minimum atomic E-state index is -0.666. The number of hydrogen-bond acceptors (Lipinski definition) is 5. The lowest BCUT2D eigenvalue weighted by Gasteiger charge is -2.15. The maximum absolute atomic E-state index is 13.3. The summed E-state index contributed by atoms with van der Waals surface area (Å²) in [7, 11) is 1.49. The second-order valence-corrected chi connectivity index (χ2v) is 7.16. The Hall–Kier alpha value is -3.78. The van der Waals surface area contributed by atoms with Gasteiger partial charge in [-0.05, 0) is 42.5 Å². The number of nitrogens with zero attached hydrogens (tertiary/aromatic N) is 2. The number of ether oxygens (including phenoxy) is 1. The van der Waals surface area contributed by atoms with Crippen LogP contribution in [0, 0.1) is 0 Å². The summed E-state index contributed by atoms with van der Waals surface area (Å²) in [5.74, 6) is 0.647. The normalized spacial score (nSPS) is 10.9. The summed E-state index contributed by atoms with van der Waals surface area (Å²) in [5.41, 5.74) is -0.580. The zero-order valence-corrected chi connectivity index (χ0v) is 17.3. The van der Waals surface area contributed by atoms with Crippen LogP contribution >= 0.6 is 11.6 Å². The first kappa shape index (κ1) is 20.5. The van der Waals surface area contributed by atoms with E-state index in [2.05, 4.69) is 5.32 Å². The topological polar surface area (TPSA) is 95.5 Å². The van der Waals surface area contributed by atoms with Crippen LogP contribution in [0.1, 0.15) is 5.76 Å². The Labute approximate surface area is 181 Å². The van der Waals surface area contributed by atoms with Gasteiger partial charge in [0.05, 0.1) is 36.5 Å². The van der Waals surface area contributed by atoms with Crippen LogP contribution in [0.15, 0.2) is 74.9 Å². The molecule has 9 heteroatoms. The van der Waals surface area contributed by atoms with Gasteiger partial charge >= 0.3 is 5.69 Å². The second-order valence-electron chi connectivity index (χ2n) is 6.73. The molecule has 0 atom stereocenters. The number of hydrogen-bond donors (Lipinski definition) is 1. The fourth-order valence-corrected chi connectivity index (χ4v) is 3.43. The summed E-state index contributed by atoms with van der Waals surface area (Å²) in [4.78, 5) is 39.0. The molecule has 4 rings (SSSR count). The Morgan fingerprint density at radius 3 is 2.71 bits per heavy atom. The molecule has 158 valence electrons. The lowest BCUT2D eigenvalue weighted by Crippen LogP contribution is -2.41. The SMILES string of the molecule is COc1cccc(-n2c(=O)c3ccc(Cl)cc3n(CC(=O)NCc3ccco3)c2=O)c1. The molecule has 2 heterocycles. The molecule has 0 bridgehead atoms. The molecule has 0 spiro atoms. The van der Waals surface area contributed by atoms with Crippen LogP contribution in [-0.4, -0.2) is 22.2 Å². The molecule has 2 aromatic carbocycles. The first-order valence-electron chi connectivity index (χ1n) is 9.36. The molecular weight excluding hydrogens is 422 g/mol. The van der Waals surface area contributed by atoms with Gasteiger partial charge < -0.3 is 14.5 Å². The van der Waals surface area contributed by atoms with Gasteiger partial charge in [-0.25, -0.2) is 9.36 Å². The Balaban J connectivity index is 1.82. The van der Waals surface area contributed by atoms with Crippen molar-refractivity contribution in [2.24, 2.45) is 0 Å². The number of furan rings is 1. The van der Waals surface area contributed by atoms with Crippen molar-refractivity contribution in [3.63, 3.8) is 0 Å². The maximum atomic E-state index is 13.3. The van der Waals surface area contributed by atoms with Gasteiger partial charge in [-0.2, -0.15) is 0 Å². The van der Waals surface area contributed by atoms with Crippen molar-refractivity contribution >= 4 is 28.4 Å². The molecule has 0 aliphatic heterocycles. The predicted octanol–water partition coefficient (Wildman–Crippen LogP) is 2.72. The zero-order valence-electron chi connectivity index (χ0n) is 16.5. The van der Waals surface area contributed by atoms with Crippen LogP contribution < -0.4 is 21.3 Å². The Morgan fingerprint density at radius 2 is 1.97 bits per heavy atom. The molecule has 1 N–H and O–H groups in total. The van der Waals surface area contributed by atoms with Crippen LogP contribution in [0.2, 0.25) is 5.02 Å². The largest absolute Gasteiger partial charge is 0.497 e. The van der Waals surface area contributed by atoms with Gasteiger partial charge in [0.25, 0.3) is 5.56 Å². The Bertz CT molecular complexity index is 1370. The number of carbonyl (C=O) groups is 1. The third kappa shape index (κ3) is 4.10. The summed E-state index contributed by atoms with van der Waals surface area (Å²) in [6, 6.07) is 14.6. The molecule has 0 fully saturated rings. The number of nitrogens with one attached hydrogen (secondary N) is 1. The number of halogens is 1. The van der Waals surface area contributed by atoms with E-state index < -0.39 is 17.2 Å². The van der Waals surface area contributed by atoms with Crippen molar-refractivity contribution in [1.29, 1.82) is 0 Å². The summed E-state index contributed by atoms with van der Waals surface area (Å²) < 4.78 is 12.6. The number of benzene rings is 2. The van der Waals surface area contributed by atoms with Crippen LogP contribution in [-0.2, 0) is 17.9 Å². The predicted molar refractivity (Wildman–Crippen MR) is 116 cm³/mol. The maximum Gasteiger partial charge on any atom is 0.336 e. The van der Waals surface area contributed by atoms with Crippen LogP contribution in [0.4, 0.5) is 0 Å². The number of aromatic nitrogens is 2. The molecule has 0 aliphatic rings. The van der Waals surface area contributed by atoms with E-state index in [1.807, 2.05) is 0 Å². The zero-order chi connectivity index (χ0) is 22.0. The van der Waals surface area contributed by atoms with Gasteiger partial charge in [-0.3, -0.25) is 14.2 Å². The number of methoxy groups -OCH3 is 1. The molecule has 2 aromatic heterocycles. The van der Waals surface area contributed by atoms with Gasteiger partial charge in [-0.1, -0.05) is 17.7 Å². The van der Waals surface area contributed by atoms with E-state index in [9.17, 15) is 14.4 Å². The van der Waals surface area contributed by atoms with E-state index >= 15 is 0 Å². The van der Waals surface area contributed by atoms with Gasteiger partial charge in [0.15, 0.2) is 0 Å². The monoisotopic (exact) mass is 439 g/mol. The minimum Gasteiger partial charge on any atom is -0.497 e. The first-order chi connectivity index (χ1) is 15.0. The quantitative estimate of drug-likeness (QED) is 0.498. The first-order valence-corrected chi connectivity index (χ1v) is 9.74. The number of rotatable bonds is 6. The van der Waals surface area contributed by atoms with Crippen molar-refractivity contribution in [3.8, 4) is 11.4 Å². The van der Waals surface area contributed by atoms with E-state index in [1.54, 1.807) is 42.5 Å². The van der Waals surface area contributed by atoms with E-state index in [-0.39, 0.29) is 24.0 Å². The molecule has 8 nitrogen and oxygen atoms in total. The minimum absolute atomic E-state index is 0.175. The Kier molecular flexibility index (Phi) is 5.64. The van der Waals surface area contributed by atoms with Crippen molar-refractivity contribution in [2.75, 3.05) is 7.11 Å². The lowest BCUT2D eigenvalue weighted by atomic mass is 10.2. The molecule has 0 saturated carbocycles. The molecule has 0 radical (unpaired) electrons. The van der Waals surface area contributed by atoms with Gasteiger partial charge in [0.1, 0.15) is 18.1 Å². The average Bonchev–Trinajstić information content (AvgIpc) is 3.29. The molecule has 0 aliphatic carbocycles. The molecule has 4 aromatic rings. The highest BCUT2D eigenvalue weighted by Gasteiger charge is 2.17. The summed E-state index contributed by atoms with van der Waals surface area (Å²) in [5, 5.41) is 3.30. The highest BCUT2D eigenvalue weighted by molar-refractivity contribution is 6.31. The van der Waals surface area contributed by atoms with Crippen LogP contribution in [0.25, 0.3) is 16.6 Å². The Morgan fingerprint density at radius 1 is 1.13 bits per heavy atom. The number of amides is 1. The highest BCUT2D eigenvalue weighted by Crippen LogP contribution is 2.18. The van der Waals surface area contributed by atoms with E-state index in [4.69, 9.17) is 20.8 Å². The summed E-state index contributed by atoms with van der Waals surface area (Å²) in [6.45, 7) is -0.130. The smallest absolute Gasteiger partial charge is 0.336 e. The van der Waals surface area contributed by atoms with Crippen LogP contribution in [0.5, 0.6) is 5.75 Å². The fourth-order valence-electron chi connectivity index (χ4n) is 3.27. The lowest BCUT2D eigenvalue weighted by molar-refractivity contribution is -0.121. The summed E-state index contributed by atoms with van der Waals surface area (Å²) >= 11 is 6.10. The van der Waals surface area contributed by atoms with Crippen molar-refractivity contribution in [1.82, 2.24) is 14.5 Å². The molecule has 1 amide bonds. The van der Waals surface area contributed by atoms with E-state index in [0.29, 0.717) is 22.2 Å². The standard InChI is InChI=1S/C22H18ClN3O5/c1-30-16-5-2-4-15(11-16)26-21(28)18-8-7-14(23)10-19(18)25(22(26)29)13-20(27)24-12-17-6-3-9-31-17/h2-11H,12-13H2,1H3,(H,24,27). The van der Waals surface area contributed by atoms with Gasteiger partial charge in [-0.15, -0.1) is 0 Å². The van der Waals surface area contributed by atoms with E-state index in [0.717, 1.165) is 4.57 Å². The highest BCUT2D eigenvalue weighted by atomic mass is 35.5. The second kappa shape index (κ2) is 8.53. The van der Waals surface area contributed by atoms with Crippen molar-refractivity contribution in [2.45, 2.75) is 13.1 Å². The van der Waals surface area contributed by atoms with Gasteiger partial charge in [0, 0.05) is 11.1 Å². The van der Waals surface area contributed by atoms with Gasteiger partial charge in [0.2, 0.25) is 5.91 Å². The average molecular weight is 440 g/mol. The molecular formula is C22H18ClN3O5. The third-order valence-electron chi connectivity index (χ3n) is 4.76. The summed E-state index contributed by atoms with van der Waals surface area (Å²) in [6.07, 6.45) is 1.51. The van der Waals surface area contributed by atoms with Crippen molar-refractivity contribution < 1.29 is 13.9 Å². The molecule has 31 heavy (non-hydrogen) atoms. The number of carbonyl (C=O) groups excluding carboxylic acids is 1. The number of fused-ring (bicyclic) bond motifs is 1. The van der Waals surface area contributed by atoms with Crippen molar-refractivity contribution in [3.05, 3.63) is 92.5 Å². The third-order valence-corrected chi connectivity index (χ3v) is 4.99.